The van der Waals surface area contributed by atoms with Crippen molar-refractivity contribution in [2.75, 3.05) is 6.61 Å². The first-order valence-electron chi connectivity index (χ1n) is 9.45. The molecule has 0 saturated heterocycles. The van der Waals surface area contributed by atoms with E-state index in [9.17, 15) is 24.5 Å². The summed E-state index contributed by atoms with van der Waals surface area (Å²) < 4.78 is 17.4. The normalized spacial score (nSPS) is 18.6. The predicted molar refractivity (Wildman–Crippen MR) is 107 cm³/mol. The minimum absolute atomic E-state index is 0.0473. The molecule has 7 nitrogen and oxygen atoms in total. The summed E-state index contributed by atoms with van der Waals surface area (Å²) in [7, 11) is -4.16. The highest BCUT2D eigenvalue weighted by molar-refractivity contribution is 7.50. The number of carbonyl (C=O) groups is 1. The van der Waals surface area contributed by atoms with E-state index in [0.717, 1.165) is 6.42 Å². The number of ketones is 1. The van der Waals surface area contributed by atoms with Crippen LogP contribution < -0.4 is 5.09 Å². The van der Waals surface area contributed by atoms with Crippen LogP contribution in [0, 0.1) is 0 Å². The molecule has 8 heteroatoms. The van der Waals surface area contributed by atoms with Crippen molar-refractivity contribution in [3.05, 3.63) is 53.3 Å². The first-order chi connectivity index (χ1) is 13.3. The van der Waals surface area contributed by atoms with Gasteiger partial charge in [-0.3, -0.25) is 14.4 Å². The van der Waals surface area contributed by atoms with Crippen molar-refractivity contribution < 1.29 is 29.0 Å². The van der Waals surface area contributed by atoms with Crippen molar-refractivity contribution in [3.8, 4) is 5.75 Å². The zero-order valence-electron chi connectivity index (χ0n) is 16.2. The molecule has 4 N–H and O–H groups in total. The van der Waals surface area contributed by atoms with Crippen molar-refractivity contribution in [2.24, 2.45) is 0 Å². The van der Waals surface area contributed by atoms with E-state index in [1.54, 1.807) is 24.3 Å². The molecule has 0 aromatic heterocycles. The van der Waals surface area contributed by atoms with Gasteiger partial charge in [-0.05, 0) is 36.6 Å². The van der Waals surface area contributed by atoms with E-state index in [0.29, 0.717) is 18.4 Å². The third-order valence-corrected chi connectivity index (χ3v) is 5.72. The molecule has 0 amide bonds. The summed E-state index contributed by atoms with van der Waals surface area (Å²) in [6.07, 6.45) is 3.87. The zero-order chi connectivity index (χ0) is 20.7. The number of rotatable bonds is 10. The van der Waals surface area contributed by atoms with Gasteiger partial charge in [-0.1, -0.05) is 38.5 Å². The molecule has 0 heterocycles. The van der Waals surface area contributed by atoms with E-state index < -0.39 is 25.6 Å². The van der Waals surface area contributed by atoms with Gasteiger partial charge in [0.2, 0.25) is 0 Å². The minimum atomic E-state index is -4.16. The van der Waals surface area contributed by atoms with E-state index in [4.69, 9.17) is 4.52 Å². The fraction of sp³-hybridized carbons (Fsp3) is 0.450. The van der Waals surface area contributed by atoms with Crippen LogP contribution in [0.1, 0.15) is 51.0 Å². The van der Waals surface area contributed by atoms with E-state index in [1.165, 1.54) is 12.1 Å². The summed E-state index contributed by atoms with van der Waals surface area (Å²) in [4.78, 5) is 22.6. The van der Waals surface area contributed by atoms with Gasteiger partial charge in [0.05, 0.1) is 12.7 Å². The lowest BCUT2D eigenvalue weighted by atomic mass is 9.83. The highest BCUT2D eigenvalue weighted by atomic mass is 31.2. The van der Waals surface area contributed by atoms with Gasteiger partial charge < -0.3 is 15.1 Å². The first-order valence-corrected chi connectivity index (χ1v) is 11.0. The maximum atomic E-state index is 12.5. The van der Waals surface area contributed by atoms with E-state index in [1.807, 2.05) is 13.8 Å². The molecule has 28 heavy (non-hydrogen) atoms. The Labute approximate surface area is 165 Å². The Morgan fingerprint density at radius 3 is 2.71 bits per heavy atom. The lowest BCUT2D eigenvalue weighted by Gasteiger charge is -2.28. The molecule has 0 spiro atoms. The highest BCUT2D eigenvalue weighted by Gasteiger charge is 2.33. The van der Waals surface area contributed by atoms with Crippen molar-refractivity contribution >= 4 is 13.5 Å². The molecule has 0 aliphatic heterocycles. The fourth-order valence-corrected chi connectivity index (χ4v) is 4.19. The molecule has 1 aliphatic rings. The molecular formula is C20H28NO6P. The van der Waals surface area contributed by atoms with Crippen LogP contribution in [0.15, 0.2) is 47.7 Å². The molecule has 0 bridgehead atoms. The average Bonchev–Trinajstić information content (AvgIpc) is 2.62. The summed E-state index contributed by atoms with van der Waals surface area (Å²) in [5.41, 5.74) is 0.905. The smallest absolute Gasteiger partial charge is 0.429 e. The van der Waals surface area contributed by atoms with Crippen molar-refractivity contribution in [1.82, 2.24) is 5.09 Å². The zero-order valence-corrected chi connectivity index (χ0v) is 17.1. The Morgan fingerprint density at radius 1 is 1.32 bits per heavy atom. The summed E-state index contributed by atoms with van der Waals surface area (Å²) in [6, 6.07) is 6.50. The van der Waals surface area contributed by atoms with Gasteiger partial charge in [-0.15, -0.1) is 0 Å². The molecule has 0 radical (unpaired) electrons. The van der Waals surface area contributed by atoms with Gasteiger partial charge in [-0.2, -0.15) is 0 Å². The number of aliphatic hydroxyl groups is 1. The molecule has 1 aliphatic carbocycles. The van der Waals surface area contributed by atoms with Crippen LogP contribution in [0.5, 0.6) is 5.75 Å². The van der Waals surface area contributed by atoms with Crippen LogP contribution in [-0.4, -0.2) is 33.6 Å². The number of nitrogens with one attached hydrogen (secondary N) is 1. The second-order valence-electron chi connectivity index (χ2n) is 6.74. The largest absolute Gasteiger partial charge is 0.508 e. The fourth-order valence-electron chi connectivity index (χ4n) is 3.20. The van der Waals surface area contributed by atoms with E-state index in [-0.39, 0.29) is 30.0 Å². The maximum absolute atomic E-state index is 12.5. The molecule has 3 unspecified atom stereocenters. The Hall–Kier alpha value is -1.92. The van der Waals surface area contributed by atoms with E-state index in [2.05, 4.69) is 5.09 Å². The monoisotopic (exact) mass is 409 g/mol. The van der Waals surface area contributed by atoms with Crippen LogP contribution in [0.2, 0.25) is 0 Å². The Bertz CT molecular complexity index is 804. The minimum Gasteiger partial charge on any atom is -0.508 e. The number of hydrogen-bond donors (Lipinski definition) is 4. The van der Waals surface area contributed by atoms with Gasteiger partial charge in [0.1, 0.15) is 5.75 Å². The first kappa shape index (κ1) is 22.4. The van der Waals surface area contributed by atoms with Crippen molar-refractivity contribution in [3.63, 3.8) is 0 Å². The van der Waals surface area contributed by atoms with Crippen LogP contribution in [0.4, 0.5) is 0 Å². The summed E-state index contributed by atoms with van der Waals surface area (Å²) in [5.74, 6) is -0.823. The number of allylic oxidation sites excluding steroid dienone is 2. The number of aliphatic hydroxyl groups excluding tert-OH is 1. The molecule has 1 aromatic carbocycles. The topological polar surface area (TPSA) is 116 Å². The van der Waals surface area contributed by atoms with E-state index >= 15 is 0 Å². The van der Waals surface area contributed by atoms with Crippen LogP contribution in [-0.2, 0) is 13.9 Å². The predicted octanol–water partition coefficient (Wildman–Crippen LogP) is 3.54. The number of unbranched alkanes of at least 4 members (excludes halogenated alkanes) is 1. The molecular weight excluding hydrogens is 381 g/mol. The van der Waals surface area contributed by atoms with Crippen molar-refractivity contribution in [2.45, 2.75) is 51.6 Å². The van der Waals surface area contributed by atoms with Gasteiger partial charge in [0.25, 0.3) is 0 Å². The van der Waals surface area contributed by atoms with Crippen LogP contribution in [0.25, 0.3) is 0 Å². The molecule has 0 saturated carbocycles. The molecule has 3 atom stereocenters. The molecule has 154 valence electrons. The summed E-state index contributed by atoms with van der Waals surface area (Å²) in [5, 5.41) is 23.2. The Kier molecular flexibility index (Phi) is 8.01. The van der Waals surface area contributed by atoms with Gasteiger partial charge in [-0.25, -0.2) is 4.57 Å². The maximum Gasteiger partial charge on any atom is 0.429 e. The third-order valence-electron chi connectivity index (χ3n) is 4.64. The number of hydrogen-bond acceptors (Lipinski definition) is 5. The van der Waals surface area contributed by atoms with Gasteiger partial charge in [0, 0.05) is 23.6 Å². The SMILES string of the molecule is CCCCOP(=O)(O)NC1=C(C(O)C(CC)c2cccc(O)c2)C(=O)C=CC1. The van der Waals surface area contributed by atoms with Gasteiger partial charge in [0.15, 0.2) is 5.78 Å². The van der Waals surface area contributed by atoms with Crippen LogP contribution in [0.3, 0.4) is 0 Å². The average molecular weight is 409 g/mol. The number of phenols is 1. The second-order valence-corrected chi connectivity index (χ2v) is 8.26. The Balaban J connectivity index is 2.32. The highest BCUT2D eigenvalue weighted by Crippen LogP contribution is 2.41. The van der Waals surface area contributed by atoms with Crippen LogP contribution >= 0.6 is 7.75 Å². The third kappa shape index (κ3) is 5.79. The molecule has 0 fully saturated rings. The second kappa shape index (κ2) is 10.0. The quantitative estimate of drug-likeness (QED) is 0.345. The number of aromatic hydroxyl groups is 1. The van der Waals surface area contributed by atoms with Gasteiger partial charge >= 0.3 is 7.75 Å². The molecule has 1 aromatic rings. The summed E-state index contributed by atoms with van der Waals surface area (Å²) in [6.45, 7) is 3.92. The van der Waals surface area contributed by atoms with Crippen molar-refractivity contribution in [1.29, 1.82) is 0 Å². The number of carbonyl (C=O) groups excluding carboxylic acids is 1. The lowest BCUT2D eigenvalue weighted by Crippen LogP contribution is -2.30. The standard InChI is InChI=1S/C20H28NO6P/c1-3-5-12-27-28(25,26)21-17-10-7-11-18(23)19(17)20(24)16(4-2)14-8-6-9-15(22)13-14/h6-9,11,13,16,20,22,24H,3-5,10,12H2,1-2H3,(H2,21,25,26). The number of benzene rings is 1. The molecule has 2 rings (SSSR count). The summed E-state index contributed by atoms with van der Waals surface area (Å²) >= 11 is 0. The number of phenolic OH excluding ortho intramolecular Hbond substituents is 1. The lowest BCUT2D eigenvalue weighted by molar-refractivity contribution is -0.112. The Morgan fingerprint density at radius 2 is 2.07 bits per heavy atom.